The molecule has 2 amide bonds. The molecule has 0 saturated carbocycles. The maximum Gasteiger partial charge on any atom is 0.319 e. The Balaban J connectivity index is 2.27. The van der Waals surface area contributed by atoms with Crippen molar-refractivity contribution < 1.29 is 9.18 Å². The van der Waals surface area contributed by atoms with Crippen molar-refractivity contribution in [2.45, 2.75) is 11.0 Å². The average Bonchev–Trinajstić information content (AvgIpc) is 2.42. The van der Waals surface area contributed by atoms with Crippen LogP contribution in [0.5, 0.6) is 0 Å². The molecule has 2 N–H and O–H groups in total. The molecular weight excluding hydrogens is 307 g/mol. The molecule has 0 bridgehead atoms. The molecule has 104 valence electrons. The fourth-order valence-corrected chi connectivity index (χ4v) is 5.03. The van der Waals surface area contributed by atoms with Gasteiger partial charge in [-0.15, -0.1) is 23.5 Å². The number of halogens is 2. The zero-order valence-corrected chi connectivity index (χ0v) is 12.7. The van der Waals surface area contributed by atoms with E-state index >= 15 is 0 Å². The quantitative estimate of drug-likeness (QED) is 0.862. The Kier molecular flexibility index (Phi) is 5.24. The minimum Gasteiger partial charge on any atom is -0.341 e. The molecule has 1 aliphatic heterocycles. The second-order valence-electron chi connectivity index (χ2n) is 3.98. The van der Waals surface area contributed by atoms with E-state index in [0.29, 0.717) is 5.02 Å². The first-order valence-corrected chi connectivity index (χ1v) is 8.30. The van der Waals surface area contributed by atoms with Crippen molar-refractivity contribution in [2.75, 3.05) is 23.9 Å². The molecule has 0 aromatic heterocycles. The van der Waals surface area contributed by atoms with E-state index in [4.69, 9.17) is 11.6 Å². The van der Waals surface area contributed by atoms with Gasteiger partial charge >= 0.3 is 6.03 Å². The lowest BCUT2D eigenvalue weighted by Crippen LogP contribution is -2.25. The highest BCUT2D eigenvalue weighted by Gasteiger charge is 2.21. The third-order valence-electron chi connectivity index (χ3n) is 2.64. The molecule has 1 heterocycles. The van der Waals surface area contributed by atoms with E-state index < -0.39 is 11.8 Å². The van der Waals surface area contributed by atoms with Crippen LogP contribution in [-0.4, -0.2) is 24.6 Å². The second-order valence-corrected chi connectivity index (χ2v) is 7.12. The number of benzene rings is 1. The van der Waals surface area contributed by atoms with E-state index in [2.05, 4.69) is 10.6 Å². The lowest BCUT2D eigenvalue weighted by Gasteiger charge is -2.23. The Hall–Kier alpha value is -0.590. The van der Waals surface area contributed by atoms with Gasteiger partial charge in [-0.25, -0.2) is 9.18 Å². The Labute approximate surface area is 125 Å². The van der Waals surface area contributed by atoms with E-state index in [1.165, 1.54) is 19.5 Å². The van der Waals surface area contributed by atoms with Crippen LogP contribution in [0.25, 0.3) is 0 Å². The number of urea groups is 1. The molecule has 0 atom stereocenters. The highest BCUT2D eigenvalue weighted by molar-refractivity contribution is 8.16. The van der Waals surface area contributed by atoms with E-state index in [-0.39, 0.29) is 10.3 Å². The summed E-state index contributed by atoms with van der Waals surface area (Å²) in [4.78, 5) is 11.3. The molecule has 2 rings (SSSR count). The van der Waals surface area contributed by atoms with Crippen LogP contribution in [-0.2, 0) is 0 Å². The van der Waals surface area contributed by atoms with Gasteiger partial charge in [-0.3, -0.25) is 0 Å². The van der Waals surface area contributed by atoms with E-state index in [1.807, 2.05) is 0 Å². The monoisotopic (exact) mass is 320 g/mol. The van der Waals surface area contributed by atoms with Gasteiger partial charge in [-0.1, -0.05) is 11.6 Å². The summed E-state index contributed by atoms with van der Waals surface area (Å²) in [5.41, 5.74) is 1.02. The summed E-state index contributed by atoms with van der Waals surface area (Å²) in [6, 6.07) is 2.44. The summed E-state index contributed by atoms with van der Waals surface area (Å²) < 4.78 is 14.0. The van der Waals surface area contributed by atoms with Crippen LogP contribution < -0.4 is 10.6 Å². The molecule has 0 aliphatic carbocycles. The van der Waals surface area contributed by atoms with Gasteiger partial charge in [0, 0.05) is 12.1 Å². The van der Waals surface area contributed by atoms with Gasteiger partial charge in [-0.2, -0.15) is 0 Å². The molecule has 1 aromatic carbocycles. The SMILES string of the molecule is CNC(=O)Nc1cc(C2SCCCS2)c(Cl)cc1F. The topological polar surface area (TPSA) is 41.1 Å². The van der Waals surface area contributed by atoms with Crippen LogP contribution in [0, 0.1) is 5.82 Å². The third-order valence-corrected chi connectivity index (χ3v) is 5.95. The van der Waals surface area contributed by atoms with Crippen molar-refractivity contribution in [2.24, 2.45) is 0 Å². The largest absolute Gasteiger partial charge is 0.341 e. The van der Waals surface area contributed by atoms with E-state index in [9.17, 15) is 9.18 Å². The number of carbonyl (C=O) groups is 1. The summed E-state index contributed by atoms with van der Waals surface area (Å²) in [5, 5.41) is 5.27. The first-order chi connectivity index (χ1) is 9.11. The van der Waals surface area contributed by atoms with E-state index in [0.717, 1.165) is 17.1 Å². The maximum absolute atomic E-state index is 13.8. The number of hydrogen-bond donors (Lipinski definition) is 2. The summed E-state index contributed by atoms with van der Waals surface area (Å²) in [7, 11) is 1.48. The molecule has 0 radical (unpaired) electrons. The summed E-state index contributed by atoms with van der Waals surface area (Å²) >= 11 is 9.71. The fraction of sp³-hybridized carbons (Fsp3) is 0.417. The molecule has 1 saturated heterocycles. The van der Waals surface area contributed by atoms with Crippen molar-refractivity contribution in [1.82, 2.24) is 5.32 Å². The first-order valence-electron chi connectivity index (χ1n) is 5.82. The van der Waals surface area contributed by atoms with Crippen LogP contribution in [0.2, 0.25) is 5.02 Å². The van der Waals surface area contributed by atoms with Crippen molar-refractivity contribution in [3.05, 3.63) is 28.5 Å². The molecule has 1 aromatic rings. The minimum atomic E-state index is -0.525. The van der Waals surface area contributed by atoms with Crippen molar-refractivity contribution >= 4 is 46.8 Å². The minimum absolute atomic E-state index is 0.158. The molecule has 0 unspecified atom stereocenters. The van der Waals surface area contributed by atoms with Gasteiger partial charge in [-0.05, 0) is 35.6 Å². The standard InChI is InChI=1S/C12H14ClFN2OS2/c1-15-12(17)16-10-5-7(8(13)6-9(10)14)11-18-3-2-4-19-11/h5-6,11H,2-4H2,1H3,(H2,15,16,17). The number of anilines is 1. The molecule has 1 aliphatic rings. The molecule has 19 heavy (non-hydrogen) atoms. The molecular formula is C12H14ClFN2OS2. The summed E-state index contributed by atoms with van der Waals surface area (Å²) in [6.45, 7) is 0. The average molecular weight is 321 g/mol. The Bertz CT molecular complexity index is 481. The smallest absolute Gasteiger partial charge is 0.319 e. The maximum atomic E-state index is 13.8. The predicted octanol–water partition coefficient (Wildman–Crippen LogP) is 4.10. The lowest BCUT2D eigenvalue weighted by molar-refractivity contribution is 0.254. The normalized spacial score (nSPS) is 16.2. The lowest BCUT2D eigenvalue weighted by atomic mass is 10.2. The van der Waals surface area contributed by atoms with Gasteiger partial charge < -0.3 is 10.6 Å². The van der Waals surface area contributed by atoms with Gasteiger partial charge in [0.2, 0.25) is 0 Å². The zero-order chi connectivity index (χ0) is 13.8. The second kappa shape index (κ2) is 6.72. The van der Waals surface area contributed by atoms with Gasteiger partial charge in [0.15, 0.2) is 0 Å². The molecule has 1 fully saturated rings. The van der Waals surface area contributed by atoms with E-state index in [1.54, 1.807) is 29.6 Å². The fourth-order valence-electron chi connectivity index (χ4n) is 1.69. The Morgan fingerprint density at radius 2 is 2.11 bits per heavy atom. The highest BCUT2D eigenvalue weighted by atomic mass is 35.5. The van der Waals surface area contributed by atoms with Crippen LogP contribution in [0.1, 0.15) is 16.6 Å². The molecule has 7 heteroatoms. The van der Waals surface area contributed by atoms with Crippen LogP contribution >= 0.6 is 35.1 Å². The molecule has 0 spiro atoms. The van der Waals surface area contributed by atoms with Gasteiger partial charge in [0.1, 0.15) is 5.82 Å². The summed E-state index contributed by atoms with van der Waals surface area (Å²) in [6.07, 6.45) is 1.17. The van der Waals surface area contributed by atoms with Gasteiger partial charge in [0.25, 0.3) is 0 Å². The highest BCUT2D eigenvalue weighted by Crippen LogP contribution is 2.46. The number of hydrogen-bond acceptors (Lipinski definition) is 3. The van der Waals surface area contributed by atoms with Crippen LogP contribution in [0.4, 0.5) is 14.9 Å². The molecule has 3 nitrogen and oxygen atoms in total. The van der Waals surface area contributed by atoms with Crippen molar-refractivity contribution in [3.8, 4) is 0 Å². The number of carbonyl (C=O) groups excluding carboxylic acids is 1. The number of nitrogens with one attached hydrogen (secondary N) is 2. The number of amides is 2. The van der Waals surface area contributed by atoms with Crippen LogP contribution in [0.3, 0.4) is 0 Å². The van der Waals surface area contributed by atoms with Crippen molar-refractivity contribution in [3.63, 3.8) is 0 Å². The zero-order valence-electron chi connectivity index (χ0n) is 10.3. The summed E-state index contributed by atoms with van der Waals surface area (Å²) in [5.74, 6) is 1.62. The Morgan fingerprint density at radius 1 is 1.42 bits per heavy atom. The predicted molar refractivity (Wildman–Crippen MR) is 81.8 cm³/mol. The number of thioether (sulfide) groups is 2. The number of rotatable bonds is 2. The van der Waals surface area contributed by atoms with Gasteiger partial charge in [0.05, 0.1) is 10.3 Å². The Morgan fingerprint density at radius 3 is 2.74 bits per heavy atom. The van der Waals surface area contributed by atoms with Crippen molar-refractivity contribution in [1.29, 1.82) is 0 Å². The van der Waals surface area contributed by atoms with Crippen LogP contribution in [0.15, 0.2) is 12.1 Å². The third kappa shape index (κ3) is 3.70. The first kappa shape index (κ1) is 14.8.